The van der Waals surface area contributed by atoms with Crippen LogP contribution in [0.15, 0.2) is 17.9 Å². The maximum atomic E-state index is 11.1. The molecule has 0 spiro atoms. The molecule has 0 aliphatic carbocycles. The van der Waals surface area contributed by atoms with Gasteiger partial charge in [-0.25, -0.2) is 9.97 Å². The smallest absolute Gasteiger partial charge is 0.372 e. The molecule has 0 aliphatic rings. The first-order valence-corrected chi connectivity index (χ1v) is 6.68. The van der Waals surface area contributed by atoms with Crippen LogP contribution in [0.2, 0.25) is 0 Å². The van der Waals surface area contributed by atoms with E-state index in [0.29, 0.717) is 6.54 Å². The third-order valence-corrected chi connectivity index (χ3v) is 3.62. The van der Waals surface area contributed by atoms with E-state index < -0.39 is 4.92 Å². The molecule has 0 aromatic carbocycles. The van der Waals surface area contributed by atoms with Crippen LogP contribution in [0.5, 0.6) is 5.88 Å². The summed E-state index contributed by atoms with van der Waals surface area (Å²) < 4.78 is 4.88. The lowest BCUT2D eigenvalue weighted by Crippen LogP contribution is -2.13. The van der Waals surface area contributed by atoms with Crippen LogP contribution in [0.3, 0.4) is 0 Å². The van der Waals surface area contributed by atoms with E-state index in [4.69, 9.17) is 4.74 Å². The lowest BCUT2D eigenvalue weighted by molar-refractivity contribution is -0.385. The van der Waals surface area contributed by atoms with Crippen molar-refractivity contribution >= 4 is 22.8 Å². The highest BCUT2D eigenvalue weighted by Gasteiger charge is 2.24. The molecular weight excluding hydrogens is 282 g/mol. The first kappa shape index (κ1) is 14.1. The van der Waals surface area contributed by atoms with Crippen molar-refractivity contribution in [2.75, 3.05) is 19.0 Å². The molecule has 106 valence electrons. The van der Waals surface area contributed by atoms with Crippen molar-refractivity contribution in [2.24, 2.45) is 0 Å². The van der Waals surface area contributed by atoms with Crippen LogP contribution in [-0.4, -0.2) is 33.5 Å². The van der Waals surface area contributed by atoms with Gasteiger partial charge in [0.05, 0.1) is 17.0 Å². The molecule has 0 saturated carbocycles. The van der Waals surface area contributed by atoms with Gasteiger partial charge < -0.3 is 10.1 Å². The molecule has 0 fully saturated rings. The molecule has 0 radical (unpaired) electrons. The predicted molar refractivity (Wildman–Crippen MR) is 74.3 cm³/mol. The molecule has 1 N–H and O–H groups in total. The van der Waals surface area contributed by atoms with Gasteiger partial charge in [-0.05, 0) is 0 Å². The van der Waals surface area contributed by atoms with E-state index in [1.54, 1.807) is 17.5 Å². The van der Waals surface area contributed by atoms with Crippen LogP contribution < -0.4 is 10.1 Å². The molecule has 8 nitrogen and oxygen atoms in total. The van der Waals surface area contributed by atoms with Crippen LogP contribution in [0, 0.1) is 10.1 Å². The van der Waals surface area contributed by atoms with Crippen LogP contribution in [0.1, 0.15) is 17.8 Å². The third-order valence-electron chi connectivity index (χ3n) is 2.61. The van der Waals surface area contributed by atoms with Crippen molar-refractivity contribution in [2.45, 2.75) is 12.8 Å². The molecule has 1 unspecified atom stereocenters. The number of ether oxygens (including phenoxy) is 1. The Morgan fingerprint density at radius 2 is 2.30 bits per heavy atom. The summed E-state index contributed by atoms with van der Waals surface area (Å²) in [6.07, 6.45) is 2.95. The second kappa shape index (κ2) is 6.24. The van der Waals surface area contributed by atoms with Gasteiger partial charge in [0, 0.05) is 24.0 Å². The number of anilines is 1. The highest BCUT2D eigenvalue weighted by atomic mass is 32.1. The fraction of sp³-hybridized carbons (Fsp3) is 0.364. The minimum Gasteiger partial charge on any atom is -0.476 e. The molecule has 0 saturated heterocycles. The molecule has 0 aliphatic heterocycles. The highest BCUT2D eigenvalue weighted by Crippen LogP contribution is 2.30. The Morgan fingerprint density at radius 1 is 1.50 bits per heavy atom. The van der Waals surface area contributed by atoms with Gasteiger partial charge in [0.25, 0.3) is 5.88 Å². The number of thiazole rings is 1. The molecule has 2 aromatic rings. The molecule has 2 heterocycles. The van der Waals surface area contributed by atoms with Gasteiger partial charge in [-0.2, -0.15) is 4.98 Å². The van der Waals surface area contributed by atoms with E-state index in [1.165, 1.54) is 13.4 Å². The molecule has 2 aromatic heterocycles. The SMILES string of the molecule is COc1ncnc(NCC(C)c2nccs2)c1[N+](=O)[O-]. The first-order valence-electron chi connectivity index (χ1n) is 5.80. The molecular formula is C11H13N5O3S. The van der Waals surface area contributed by atoms with Crippen molar-refractivity contribution in [3.05, 3.63) is 33.0 Å². The number of nitrogens with one attached hydrogen (secondary N) is 1. The Bertz CT molecular complexity index is 590. The number of rotatable bonds is 6. The van der Waals surface area contributed by atoms with Crippen molar-refractivity contribution in [1.29, 1.82) is 0 Å². The zero-order chi connectivity index (χ0) is 14.5. The zero-order valence-electron chi connectivity index (χ0n) is 10.9. The van der Waals surface area contributed by atoms with Crippen LogP contribution in [-0.2, 0) is 0 Å². The summed E-state index contributed by atoms with van der Waals surface area (Å²) in [7, 11) is 1.33. The lowest BCUT2D eigenvalue weighted by Gasteiger charge is -2.11. The standard InChI is InChI=1S/C11H13N5O3S/c1-7(11-12-3-4-20-11)5-13-9-8(16(17)18)10(19-2)15-6-14-9/h3-4,6-7H,5H2,1-2H3,(H,13,14,15). The van der Waals surface area contributed by atoms with Crippen molar-refractivity contribution < 1.29 is 9.66 Å². The Morgan fingerprint density at radius 3 is 2.90 bits per heavy atom. The van der Waals surface area contributed by atoms with Crippen molar-refractivity contribution in [3.8, 4) is 5.88 Å². The second-order valence-corrected chi connectivity index (χ2v) is 4.92. The average Bonchev–Trinajstić information content (AvgIpc) is 2.98. The Labute approximate surface area is 119 Å². The van der Waals surface area contributed by atoms with Gasteiger partial charge in [0.2, 0.25) is 5.82 Å². The predicted octanol–water partition coefficient (Wildman–Crippen LogP) is 2.07. The van der Waals surface area contributed by atoms with E-state index in [-0.39, 0.29) is 23.3 Å². The van der Waals surface area contributed by atoms with Crippen molar-refractivity contribution in [1.82, 2.24) is 15.0 Å². The van der Waals surface area contributed by atoms with E-state index in [1.807, 2.05) is 12.3 Å². The van der Waals surface area contributed by atoms with Gasteiger partial charge in [0.1, 0.15) is 6.33 Å². The highest BCUT2D eigenvalue weighted by molar-refractivity contribution is 7.09. The maximum absolute atomic E-state index is 11.1. The largest absolute Gasteiger partial charge is 0.476 e. The summed E-state index contributed by atoms with van der Waals surface area (Å²) in [5.74, 6) is 0.204. The lowest BCUT2D eigenvalue weighted by atomic mass is 10.2. The minimum absolute atomic E-state index is 0.0607. The van der Waals surface area contributed by atoms with E-state index in [2.05, 4.69) is 20.3 Å². The summed E-state index contributed by atoms with van der Waals surface area (Å²) in [4.78, 5) is 22.3. The van der Waals surface area contributed by atoms with Gasteiger partial charge in [-0.15, -0.1) is 11.3 Å². The molecule has 1 atom stereocenters. The normalized spacial score (nSPS) is 11.9. The van der Waals surface area contributed by atoms with E-state index >= 15 is 0 Å². The van der Waals surface area contributed by atoms with Gasteiger partial charge in [-0.1, -0.05) is 6.92 Å². The third kappa shape index (κ3) is 2.99. The quantitative estimate of drug-likeness (QED) is 0.642. The minimum atomic E-state index is -0.560. The fourth-order valence-corrected chi connectivity index (χ4v) is 2.32. The average molecular weight is 295 g/mol. The summed E-state index contributed by atoms with van der Waals surface area (Å²) in [6, 6.07) is 0. The monoisotopic (exact) mass is 295 g/mol. The summed E-state index contributed by atoms with van der Waals surface area (Å²) >= 11 is 1.54. The number of nitrogens with zero attached hydrogens (tertiary/aromatic N) is 4. The van der Waals surface area contributed by atoms with Gasteiger partial charge in [0.15, 0.2) is 0 Å². The van der Waals surface area contributed by atoms with Gasteiger partial charge >= 0.3 is 5.69 Å². The zero-order valence-corrected chi connectivity index (χ0v) is 11.8. The Kier molecular flexibility index (Phi) is 4.41. The molecule has 9 heteroatoms. The number of nitro groups is 1. The summed E-state index contributed by atoms with van der Waals surface area (Å²) in [5, 5.41) is 16.9. The second-order valence-electron chi connectivity index (χ2n) is 3.99. The maximum Gasteiger partial charge on any atom is 0.372 e. The molecule has 0 bridgehead atoms. The summed E-state index contributed by atoms with van der Waals surface area (Å²) in [5.41, 5.74) is -0.263. The van der Waals surface area contributed by atoms with E-state index in [9.17, 15) is 10.1 Å². The molecule has 2 rings (SSSR count). The molecule has 0 amide bonds. The van der Waals surface area contributed by atoms with Crippen LogP contribution in [0.25, 0.3) is 0 Å². The number of methoxy groups -OCH3 is 1. The molecule has 20 heavy (non-hydrogen) atoms. The van der Waals surface area contributed by atoms with Crippen LogP contribution in [0.4, 0.5) is 11.5 Å². The Balaban J connectivity index is 2.15. The van der Waals surface area contributed by atoms with Crippen LogP contribution >= 0.6 is 11.3 Å². The van der Waals surface area contributed by atoms with Crippen molar-refractivity contribution in [3.63, 3.8) is 0 Å². The van der Waals surface area contributed by atoms with E-state index in [0.717, 1.165) is 5.01 Å². The topological polar surface area (TPSA) is 103 Å². The first-order chi connectivity index (χ1) is 9.63. The van der Waals surface area contributed by atoms with Gasteiger partial charge in [-0.3, -0.25) is 10.1 Å². The Hall–Kier alpha value is -2.29. The fourth-order valence-electron chi connectivity index (χ4n) is 1.62. The summed E-state index contributed by atoms with van der Waals surface area (Å²) in [6.45, 7) is 2.46. The number of hydrogen-bond acceptors (Lipinski definition) is 8. The number of aromatic nitrogens is 3. The number of hydrogen-bond donors (Lipinski definition) is 1.